The van der Waals surface area contributed by atoms with Gasteiger partial charge in [0.05, 0.1) is 48.8 Å². The minimum atomic E-state index is -1.17. The van der Waals surface area contributed by atoms with E-state index in [2.05, 4.69) is 41.8 Å². The molecule has 4 heterocycles. The molecular formula is C40H42F2N10O9. The van der Waals surface area contributed by atoms with Crippen molar-refractivity contribution in [2.75, 3.05) is 55.5 Å². The molecule has 2 aromatic carbocycles. The number of benzene rings is 2. The van der Waals surface area contributed by atoms with Crippen molar-refractivity contribution in [1.29, 1.82) is 0 Å². The standard InChI is InChI=1S/C40H42F2N10O9/c1-22(2)51-21-45-50-36(51)28-7-4-8-31(46-28)48-37(56)24-19-29(26(42)20-25(24)41)47-33(54)12-11-32(53)44-14-16-61-18-17-60-15-13-43-27-6-3-5-23-35(27)40(59)52(39(23)58)30-9-10-34(55)49-38(30)57/h3-8,19-22,30,43H,9-18H2,1-2H3,(H,44,53)(H,47,54)(H,46,48,56)(H,49,55,57). The summed E-state index contributed by atoms with van der Waals surface area (Å²) >= 11 is 0. The van der Waals surface area contributed by atoms with E-state index in [1.807, 2.05) is 13.8 Å². The first-order chi connectivity index (χ1) is 29.3. The molecule has 1 saturated heterocycles. The van der Waals surface area contributed by atoms with E-state index in [0.717, 1.165) is 11.0 Å². The maximum Gasteiger partial charge on any atom is 0.264 e. The Balaban J connectivity index is 0.856. The summed E-state index contributed by atoms with van der Waals surface area (Å²) in [6, 6.07) is 9.80. The van der Waals surface area contributed by atoms with Gasteiger partial charge in [-0.05, 0) is 50.6 Å². The molecule has 19 nitrogen and oxygen atoms in total. The SMILES string of the molecule is CC(C)n1cnnc1-c1cccc(NC(=O)c2cc(NC(=O)CCC(=O)NCCOCCOCCNc3cccc4c3C(=O)N(C3CCC(=O)NC3=O)C4=O)c(F)cc2F)n1. The molecule has 0 bridgehead atoms. The van der Waals surface area contributed by atoms with Crippen LogP contribution in [-0.4, -0.2) is 112 Å². The van der Waals surface area contributed by atoms with Crippen LogP contribution in [0.25, 0.3) is 11.5 Å². The molecule has 1 atom stereocenters. The van der Waals surface area contributed by atoms with Crippen LogP contribution in [0.3, 0.4) is 0 Å². The van der Waals surface area contributed by atoms with E-state index >= 15 is 0 Å². The lowest BCUT2D eigenvalue weighted by Crippen LogP contribution is -2.54. The summed E-state index contributed by atoms with van der Waals surface area (Å²) in [7, 11) is 0. The summed E-state index contributed by atoms with van der Waals surface area (Å²) in [5.41, 5.74) is 0.0921. The number of hydrogen-bond acceptors (Lipinski definition) is 13. The van der Waals surface area contributed by atoms with Crippen molar-refractivity contribution in [1.82, 2.24) is 35.3 Å². The average Bonchev–Trinajstić information content (AvgIpc) is 3.82. The van der Waals surface area contributed by atoms with Crippen molar-refractivity contribution in [3.05, 3.63) is 83.2 Å². The van der Waals surface area contributed by atoms with Gasteiger partial charge in [0, 0.05) is 50.1 Å². The molecule has 0 saturated carbocycles. The fourth-order valence-electron chi connectivity index (χ4n) is 6.47. The Morgan fingerprint density at radius 3 is 2.36 bits per heavy atom. The van der Waals surface area contributed by atoms with Crippen LogP contribution < -0.4 is 26.6 Å². The first kappa shape index (κ1) is 43.6. The molecule has 0 aliphatic carbocycles. The highest BCUT2D eigenvalue weighted by molar-refractivity contribution is 6.25. The van der Waals surface area contributed by atoms with Crippen molar-refractivity contribution in [2.24, 2.45) is 0 Å². The molecule has 1 fully saturated rings. The summed E-state index contributed by atoms with van der Waals surface area (Å²) in [4.78, 5) is 93.2. The summed E-state index contributed by atoms with van der Waals surface area (Å²) in [5, 5.41) is 20.6. The Labute approximate surface area is 346 Å². The summed E-state index contributed by atoms with van der Waals surface area (Å²) in [6.07, 6.45) is 1.04. The number of ether oxygens (including phenoxy) is 2. The third-order valence-electron chi connectivity index (χ3n) is 9.47. The third kappa shape index (κ3) is 10.6. The predicted molar refractivity (Wildman–Crippen MR) is 212 cm³/mol. The fraction of sp³-hybridized carbons (Fsp3) is 0.350. The van der Waals surface area contributed by atoms with Gasteiger partial charge >= 0.3 is 0 Å². The molecule has 0 spiro atoms. The van der Waals surface area contributed by atoms with E-state index in [0.29, 0.717) is 23.3 Å². The highest BCUT2D eigenvalue weighted by Crippen LogP contribution is 2.32. The van der Waals surface area contributed by atoms with Crippen LogP contribution in [0.1, 0.15) is 76.6 Å². The zero-order chi connectivity index (χ0) is 43.6. The minimum absolute atomic E-state index is 0.0204. The lowest BCUT2D eigenvalue weighted by atomic mass is 10.0. The van der Waals surface area contributed by atoms with Crippen LogP contribution in [0.4, 0.5) is 26.0 Å². The Bertz CT molecular complexity index is 2350. The van der Waals surface area contributed by atoms with Crippen LogP contribution in [0, 0.1) is 11.6 Å². The van der Waals surface area contributed by atoms with E-state index < -0.39 is 70.3 Å². The fourth-order valence-corrected chi connectivity index (χ4v) is 6.47. The van der Waals surface area contributed by atoms with E-state index in [1.54, 1.807) is 35.2 Å². The van der Waals surface area contributed by atoms with Gasteiger partial charge in [-0.2, -0.15) is 0 Å². The Morgan fingerprint density at radius 2 is 1.61 bits per heavy atom. The van der Waals surface area contributed by atoms with E-state index in [-0.39, 0.29) is 88.2 Å². The summed E-state index contributed by atoms with van der Waals surface area (Å²) in [6.45, 7) is 5.04. The van der Waals surface area contributed by atoms with Crippen LogP contribution in [-0.2, 0) is 28.7 Å². The molecule has 5 N–H and O–H groups in total. The highest BCUT2D eigenvalue weighted by Gasteiger charge is 2.45. The number of piperidine rings is 1. The van der Waals surface area contributed by atoms with Crippen LogP contribution >= 0.6 is 0 Å². The molecule has 1 unspecified atom stereocenters. The van der Waals surface area contributed by atoms with Crippen LogP contribution in [0.5, 0.6) is 0 Å². The topological polar surface area (TPSA) is 245 Å². The molecule has 2 aliphatic heterocycles. The number of imide groups is 2. The normalized spacial score (nSPS) is 14.8. The highest BCUT2D eigenvalue weighted by atomic mass is 19.1. The van der Waals surface area contributed by atoms with E-state index in [9.17, 15) is 42.3 Å². The molecule has 0 radical (unpaired) electrons. The molecule has 61 heavy (non-hydrogen) atoms. The van der Waals surface area contributed by atoms with Gasteiger partial charge in [0.2, 0.25) is 23.6 Å². The minimum Gasteiger partial charge on any atom is -0.382 e. The third-order valence-corrected chi connectivity index (χ3v) is 9.47. The molecular weight excluding hydrogens is 802 g/mol. The van der Waals surface area contributed by atoms with Crippen LogP contribution in [0.2, 0.25) is 0 Å². The van der Waals surface area contributed by atoms with Gasteiger partial charge in [0.15, 0.2) is 5.82 Å². The monoisotopic (exact) mass is 844 g/mol. The predicted octanol–water partition coefficient (Wildman–Crippen LogP) is 2.83. The smallest absolute Gasteiger partial charge is 0.264 e. The van der Waals surface area contributed by atoms with Gasteiger partial charge in [0.25, 0.3) is 17.7 Å². The first-order valence-corrected chi connectivity index (χ1v) is 19.3. The van der Waals surface area contributed by atoms with Crippen molar-refractivity contribution in [3.63, 3.8) is 0 Å². The van der Waals surface area contributed by atoms with Crippen molar-refractivity contribution in [2.45, 2.75) is 51.6 Å². The Hall–Kier alpha value is -7.00. The molecule has 7 amide bonds. The molecule has 320 valence electrons. The lowest BCUT2D eigenvalue weighted by Gasteiger charge is -2.27. The zero-order valence-electron chi connectivity index (χ0n) is 33.1. The number of anilines is 3. The number of nitrogens with zero attached hydrogens (tertiary/aromatic N) is 5. The average molecular weight is 845 g/mol. The zero-order valence-corrected chi connectivity index (χ0v) is 33.1. The van der Waals surface area contributed by atoms with Crippen molar-refractivity contribution < 1.29 is 51.8 Å². The largest absolute Gasteiger partial charge is 0.382 e. The van der Waals surface area contributed by atoms with Crippen LogP contribution in [0.15, 0.2) is 54.9 Å². The maximum absolute atomic E-state index is 14.7. The number of fused-ring (bicyclic) bond motifs is 1. The second-order valence-corrected chi connectivity index (χ2v) is 14.1. The number of halogens is 2. The number of carbonyl (C=O) groups is 7. The van der Waals surface area contributed by atoms with Gasteiger partial charge in [-0.3, -0.25) is 43.8 Å². The molecule has 21 heteroatoms. The first-order valence-electron chi connectivity index (χ1n) is 19.3. The van der Waals surface area contributed by atoms with E-state index in [1.165, 1.54) is 12.1 Å². The second kappa shape index (κ2) is 19.8. The number of pyridine rings is 1. The Kier molecular flexibility index (Phi) is 14.2. The quantitative estimate of drug-likeness (QED) is 0.0675. The number of amides is 7. The van der Waals surface area contributed by atoms with E-state index in [4.69, 9.17) is 9.47 Å². The number of nitrogens with one attached hydrogen (secondary N) is 5. The number of aromatic nitrogens is 4. The number of hydrogen-bond donors (Lipinski definition) is 5. The van der Waals surface area contributed by atoms with Gasteiger partial charge in [0.1, 0.15) is 35.5 Å². The molecule has 6 rings (SSSR count). The summed E-state index contributed by atoms with van der Waals surface area (Å²) < 4.78 is 42.1. The second-order valence-electron chi connectivity index (χ2n) is 14.1. The van der Waals surface area contributed by atoms with Gasteiger partial charge in [-0.15, -0.1) is 10.2 Å². The molecule has 4 aromatic rings. The van der Waals surface area contributed by atoms with Gasteiger partial charge in [-0.1, -0.05) is 12.1 Å². The Morgan fingerprint density at radius 1 is 0.869 bits per heavy atom. The van der Waals surface area contributed by atoms with Gasteiger partial charge < -0.3 is 35.3 Å². The van der Waals surface area contributed by atoms with Crippen molar-refractivity contribution in [3.8, 4) is 11.5 Å². The molecule has 2 aromatic heterocycles. The number of rotatable bonds is 19. The maximum atomic E-state index is 14.7. The summed E-state index contributed by atoms with van der Waals surface area (Å²) in [5.74, 6) is -6.30. The van der Waals surface area contributed by atoms with Gasteiger partial charge in [-0.25, -0.2) is 13.8 Å². The number of carbonyl (C=O) groups excluding carboxylic acids is 7. The lowest BCUT2D eigenvalue weighted by molar-refractivity contribution is -0.136. The van der Waals surface area contributed by atoms with Crippen molar-refractivity contribution >= 4 is 58.5 Å². The molecule has 2 aliphatic rings.